The van der Waals surface area contributed by atoms with Gasteiger partial charge in [-0.15, -0.1) is 11.3 Å². The molecule has 0 atom stereocenters. The quantitative estimate of drug-likeness (QED) is 0.234. The van der Waals surface area contributed by atoms with Crippen molar-refractivity contribution in [1.29, 1.82) is 0 Å². The first-order chi connectivity index (χ1) is 17.9. The van der Waals surface area contributed by atoms with Gasteiger partial charge in [0.2, 0.25) is 0 Å². The molecule has 0 saturated heterocycles. The van der Waals surface area contributed by atoms with E-state index in [0.717, 1.165) is 12.8 Å². The second-order valence-electron chi connectivity index (χ2n) is 9.66. The van der Waals surface area contributed by atoms with Gasteiger partial charge >= 0.3 is 0 Å². The van der Waals surface area contributed by atoms with Gasteiger partial charge in [-0.05, 0) is 65.4 Å². The molecule has 0 aliphatic heterocycles. The Labute approximate surface area is 213 Å². The van der Waals surface area contributed by atoms with Crippen LogP contribution >= 0.6 is 11.3 Å². The molecule has 170 valence electrons. The van der Waals surface area contributed by atoms with Crippen molar-refractivity contribution >= 4 is 42.4 Å². The zero-order chi connectivity index (χ0) is 23.6. The summed E-state index contributed by atoms with van der Waals surface area (Å²) < 4.78 is 5.25. The summed E-state index contributed by atoms with van der Waals surface area (Å²) in [6.07, 6.45) is 2.13. The van der Waals surface area contributed by atoms with Crippen molar-refractivity contribution in [3.63, 3.8) is 0 Å². The Kier molecular flexibility index (Phi) is 4.29. The number of benzene rings is 5. The fraction of sp³-hybridized carbons (Fsp3) is 0.0588. The zero-order valence-corrected chi connectivity index (χ0v) is 20.6. The second kappa shape index (κ2) is 7.68. The van der Waals surface area contributed by atoms with Crippen molar-refractivity contribution in [3.8, 4) is 27.9 Å². The van der Waals surface area contributed by atoms with E-state index in [1.807, 2.05) is 11.3 Å². The van der Waals surface area contributed by atoms with E-state index in [0.29, 0.717) is 0 Å². The maximum absolute atomic E-state index is 2.53. The Morgan fingerprint density at radius 1 is 0.556 bits per heavy atom. The summed E-state index contributed by atoms with van der Waals surface area (Å²) in [5.74, 6) is 0. The first-order valence-electron chi connectivity index (χ1n) is 12.6. The van der Waals surface area contributed by atoms with E-state index in [2.05, 4.69) is 120 Å². The van der Waals surface area contributed by atoms with Gasteiger partial charge in [0, 0.05) is 42.5 Å². The van der Waals surface area contributed by atoms with Gasteiger partial charge < -0.3 is 4.57 Å². The van der Waals surface area contributed by atoms with Crippen molar-refractivity contribution in [1.82, 2.24) is 4.57 Å². The minimum atomic E-state index is 1.05. The Bertz CT molecular complexity index is 1920. The van der Waals surface area contributed by atoms with Crippen molar-refractivity contribution in [2.45, 2.75) is 12.8 Å². The third-order valence-electron chi connectivity index (χ3n) is 7.72. The largest absolute Gasteiger partial charge is 0.313 e. The lowest BCUT2D eigenvalue weighted by Gasteiger charge is -2.19. The lowest BCUT2D eigenvalue weighted by Crippen LogP contribution is -2.08. The molecular weight excluding hydrogens is 454 g/mol. The molecule has 0 radical (unpaired) electrons. The predicted octanol–water partition coefficient (Wildman–Crippen LogP) is 9.43. The molecule has 0 saturated carbocycles. The smallest absolute Gasteiger partial charge is 0.0545 e. The highest BCUT2D eigenvalue weighted by Gasteiger charge is 2.27. The topological polar surface area (TPSA) is 4.93 Å². The summed E-state index contributed by atoms with van der Waals surface area (Å²) in [5, 5.41) is 4.17. The van der Waals surface area contributed by atoms with Gasteiger partial charge in [-0.2, -0.15) is 0 Å². The molecule has 2 aromatic heterocycles. The average Bonchev–Trinajstić information content (AvgIpc) is 3.49. The minimum absolute atomic E-state index is 1.05. The molecule has 1 aliphatic carbocycles. The van der Waals surface area contributed by atoms with Gasteiger partial charge in [-0.25, -0.2) is 0 Å². The van der Waals surface area contributed by atoms with Crippen LogP contribution in [0.2, 0.25) is 0 Å². The van der Waals surface area contributed by atoms with Crippen LogP contribution in [0.25, 0.3) is 59.0 Å². The van der Waals surface area contributed by atoms with Crippen molar-refractivity contribution in [2.75, 3.05) is 0 Å². The lowest BCUT2D eigenvalue weighted by atomic mass is 9.87. The first kappa shape index (κ1) is 20.1. The third-order valence-corrected chi connectivity index (χ3v) is 8.86. The SMILES string of the molecule is c1ccc(-c2ccc(-n3c4c(c5c6c(ccc53)sc3ccccc36)-c3ccccc3CC4)cc2)cc1. The summed E-state index contributed by atoms with van der Waals surface area (Å²) in [7, 11) is 0. The standard InChI is InChI=1S/C34H23NS/c1-2-8-22(9-3-1)23-14-17-25(18-15-23)35-28-19-16-24-10-4-5-11-26(24)32(28)34-29(35)20-21-31-33(34)27-12-6-7-13-30(27)36-31/h1-15,17-18,20-21H,16,19H2. The normalized spacial score (nSPS) is 12.8. The van der Waals surface area contributed by atoms with Crippen LogP contribution in [0.5, 0.6) is 0 Å². The van der Waals surface area contributed by atoms with Crippen molar-refractivity contribution in [3.05, 3.63) is 127 Å². The van der Waals surface area contributed by atoms with E-state index in [-0.39, 0.29) is 0 Å². The predicted molar refractivity (Wildman–Crippen MR) is 154 cm³/mol. The lowest BCUT2D eigenvalue weighted by molar-refractivity contribution is 0.866. The summed E-state index contributed by atoms with van der Waals surface area (Å²) >= 11 is 1.90. The molecule has 8 rings (SSSR count). The Morgan fingerprint density at radius 2 is 1.31 bits per heavy atom. The van der Waals surface area contributed by atoms with Crippen LogP contribution in [0, 0.1) is 0 Å². The van der Waals surface area contributed by atoms with Crippen molar-refractivity contribution in [2.24, 2.45) is 0 Å². The van der Waals surface area contributed by atoms with Gasteiger partial charge in [-0.3, -0.25) is 0 Å². The molecule has 36 heavy (non-hydrogen) atoms. The molecule has 5 aromatic carbocycles. The van der Waals surface area contributed by atoms with Crippen LogP contribution in [0.1, 0.15) is 11.3 Å². The molecule has 0 amide bonds. The molecule has 7 aromatic rings. The molecule has 2 heteroatoms. The molecule has 1 nitrogen and oxygen atoms in total. The Hall–Kier alpha value is -4.14. The third kappa shape index (κ3) is 2.82. The van der Waals surface area contributed by atoms with E-state index < -0.39 is 0 Å². The number of nitrogens with zero attached hydrogens (tertiary/aromatic N) is 1. The summed E-state index contributed by atoms with van der Waals surface area (Å²) in [5.41, 5.74) is 10.8. The molecule has 2 heterocycles. The highest BCUT2D eigenvalue weighted by molar-refractivity contribution is 7.26. The molecule has 0 fully saturated rings. The van der Waals surface area contributed by atoms with Crippen LogP contribution in [0.15, 0.2) is 115 Å². The van der Waals surface area contributed by atoms with Gasteiger partial charge in [0.15, 0.2) is 0 Å². The van der Waals surface area contributed by atoms with Crippen LogP contribution < -0.4 is 0 Å². The second-order valence-corrected chi connectivity index (χ2v) is 10.7. The molecule has 0 spiro atoms. The average molecular weight is 478 g/mol. The van der Waals surface area contributed by atoms with Crippen LogP contribution in [0.3, 0.4) is 0 Å². The van der Waals surface area contributed by atoms with Gasteiger partial charge in [0.25, 0.3) is 0 Å². The van der Waals surface area contributed by atoms with E-state index in [1.54, 1.807) is 0 Å². The maximum Gasteiger partial charge on any atom is 0.0545 e. The summed E-state index contributed by atoms with van der Waals surface area (Å²) in [4.78, 5) is 0. The van der Waals surface area contributed by atoms with Gasteiger partial charge in [0.05, 0.1) is 5.52 Å². The number of hydrogen-bond acceptors (Lipinski definition) is 1. The van der Waals surface area contributed by atoms with Crippen LogP contribution in [-0.2, 0) is 12.8 Å². The Morgan fingerprint density at radius 3 is 2.19 bits per heavy atom. The van der Waals surface area contributed by atoms with E-state index in [4.69, 9.17) is 0 Å². The molecule has 0 N–H and O–H groups in total. The highest BCUT2D eigenvalue weighted by atomic mass is 32.1. The van der Waals surface area contributed by atoms with E-state index in [9.17, 15) is 0 Å². The zero-order valence-electron chi connectivity index (χ0n) is 19.7. The summed E-state index contributed by atoms with van der Waals surface area (Å²) in [6, 6.07) is 42.3. The van der Waals surface area contributed by atoms with Crippen LogP contribution in [0.4, 0.5) is 0 Å². The number of thiophene rings is 1. The number of fused-ring (bicyclic) bond motifs is 9. The fourth-order valence-corrected chi connectivity index (χ4v) is 7.25. The van der Waals surface area contributed by atoms with E-state index in [1.165, 1.54) is 70.3 Å². The first-order valence-corrected chi connectivity index (χ1v) is 13.4. The molecule has 0 bridgehead atoms. The number of rotatable bonds is 2. The van der Waals surface area contributed by atoms with Gasteiger partial charge in [-0.1, -0.05) is 84.9 Å². The summed E-state index contributed by atoms with van der Waals surface area (Å²) in [6.45, 7) is 0. The molecule has 1 aliphatic rings. The Balaban J connectivity index is 1.47. The number of aromatic nitrogens is 1. The maximum atomic E-state index is 2.53. The number of aryl methyl sites for hydroxylation is 1. The highest BCUT2D eigenvalue weighted by Crippen LogP contribution is 2.48. The van der Waals surface area contributed by atoms with Crippen molar-refractivity contribution < 1.29 is 0 Å². The molecule has 0 unspecified atom stereocenters. The fourth-order valence-electron chi connectivity index (χ4n) is 6.14. The van der Waals surface area contributed by atoms with Gasteiger partial charge in [0.1, 0.15) is 0 Å². The molecular formula is C34H23NS. The van der Waals surface area contributed by atoms with E-state index >= 15 is 0 Å². The monoisotopic (exact) mass is 477 g/mol. The minimum Gasteiger partial charge on any atom is -0.313 e. The number of hydrogen-bond donors (Lipinski definition) is 0. The van der Waals surface area contributed by atoms with Crippen LogP contribution in [-0.4, -0.2) is 4.57 Å².